The van der Waals surface area contributed by atoms with Crippen molar-refractivity contribution in [1.29, 1.82) is 0 Å². The highest BCUT2D eigenvalue weighted by atomic mass is 35.5. The molecular weight excluding hydrogens is 328 g/mol. The highest BCUT2D eigenvalue weighted by molar-refractivity contribution is 7.98. The minimum absolute atomic E-state index is 0.831. The van der Waals surface area contributed by atoms with Gasteiger partial charge in [0.1, 0.15) is 0 Å². The van der Waals surface area contributed by atoms with Crippen LogP contribution in [0, 0.1) is 0 Å². The molecule has 0 bridgehead atoms. The summed E-state index contributed by atoms with van der Waals surface area (Å²) < 4.78 is 0. The summed E-state index contributed by atoms with van der Waals surface area (Å²) in [5.74, 6) is 2.25. The van der Waals surface area contributed by atoms with Crippen LogP contribution in [0.1, 0.15) is 12.8 Å². The number of para-hydroxylation sites is 1. The van der Waals surface area contributed by atoms with Crippen LogP contribution in [0.2, 0.25) is 5.02 Å². The zero-order chi connectivity index (χ0) is 16.5. The molecule has 0 saturated carbocycles. The summed E-state index contributed by atoms with van der Waals surface area (Å²) in [7, 11) is 1.87. The molecule has 1 saturated heterocycles. The molecule has 0 aliphatic carbocycles. The zero-order valence-electron chi connectivity index (χ0n) is 14.1. The Labute approximate surface area is 149 Å². The fourth-order valence-electron chi connectivity index (χ4n) is 2.77. The number of hydrogen-bond acceptors (Lipinski definition) is 3. The van der Waals surface area contributed by atoms with Gasteiger partial charge in [0.05, 0.1) is 10.7 Å². The van der Waals surface area contributed by atoms with E-state index >= 15 is 0 Å². The van der Waals surface area contributed by atoms with E-state index in [4.69, 9.17) is 11.6 Å². The number of nitrogens with one attached hydrogen (secondary N) is 1. The average molecular weight is 355 g/mol. The van der Waals surface area contributed by atoms with E-state index < -0.39 is 0 Å². The van der Waals surface area contributed by atoms with Gasteiger partial charge in [-0.2, -0.15) is 11.8 Å². The predicted octanol–water partition coefficient (Wildman–Crippen LogP) is 3.18. The monoisotopic (exact) mass is 354 g/mol. The number of unbranched alkanes of at least 4 members (excludes halogenated alkanes) is 1. The van der Waals surface area contributed by atoms with Crippen molar-refractivity contribution in [2.75, 3.05) is 56.7 Å². The van der Waals surface area contributed by atoms with E-state index in [0.29, 0.717) is 0 Å². The van der Waals surface area contributed by atoms with Gasteiger partial charge in [-0.1, -0.05) is 23.7 Å². The van der Waals surface area contributed by atoms with Crippen molar-refractivity contribution in [1.82, 2.24) is 10.2 Å². The molecule has 1 N–H and O–H groups in total. The Balaban J connectivity index is 1.79. The summed E-state index contributed by atoms with van der Waals surface area (Å²) in [6, 6.07) is 8.07. The van der Waals surface area contributed by atoms with Gasteiger partial charge >= 0.3 is 0 Å². The quantitative estimate of drug-likeness (QED) is 0.483. The van der Waals surface area contributed by atoms with Crippen molar-refractivity contribution in [3.8, 4) is 0 Å². The van der Waals surface area contributed by atoms with Gasteiger partial charge in [0.25, 0.3) is 0 Å². The molecule has 0 spiro atoms. The molecule has 1 aromatic rings. The topological polar surface area (TPSA) is 30.9 Å². The first kappa shape index (κ1) is 18.3. The van der Waals surface area contributed by atoms with Crippen LogP contribution in [0.4, 0.5) is 5.69 Å². The number of rotatable bonds is 6. The van der Waals surface area contributed by atoms with Crippen LogP contribution in [-0.4, -0.2) is 62.6 Å². The number of nitrogens with zero attached hydrogens (tertiary/aromatic N) is 3. The van der Waals surface area contributed by atoms with Gasteiger partial charge < -0.3 is 15.1 Å². The zero-order valence-corrected chi connectivity index (χ0v) is 15.7. The lowest BCUT2D eigenvalue weighted by molar-refractivity contribution is 0.372. The molecule has 0 aromatic heterocycles. The Morgan fingerprint density at radius 3 is 2.61 bits per heavy atom. The number of aliphatic imine (C=N–C) groups is 1. The van der Waals surface area contributed by atoms with E-state index in [9.17, 15) is 0 Å². The lowest BCUT2D eigenvalue weighted by Gasteiger charge is -2.38. The van der Waals surface area contributed by atoms with Gasteiger partial charge in [-0.25, -0.2) is 0 Å². The Hall–Kier alpha value is -1.07. The number of benzene rings is 1. The smallest absolute Gasteiger partial charge is 0.193 e. The number of anilines is 1. The fraction of sp³-hybridized carbons (Fsp3) is 0.588. The van der Waals surface area contributed by atoms with Crippen molar-refractivity contribution in [2.24, 2.45) is 4.99 Å². The molecule has 0 unspecified atom stereocenters. The lowest BCUT2D eigenvalue weighted by Crippen LogP contribution is -2.52. The molecule has 1 aromatic carbocycles. The largest absolute Gasteiger partial charge is 0.367 e. The molecule has 1 aliphatic rings. The molecule has 6 heteroatoms. The summed E-state index contributed by atoms with van der Waals surface area (Å²) in [5.41, 5.74) is 1.13. The van der Waals surface area contributed by atoms with Crippen LogP contribution in [0.25, 0.3) is 0 Å². The van der Waals surface area contributed by atoms with E-state index in [1.54, 1.807) is 0 Å². The van der Waals surface area contributed by atoms with Crippen LogP contribution in [0.3, 0.4) is 0 Å². The van der Waals surface area contributed by atoms with E-state index in [2.05, 4.69) is 32.4 Å². The first-order valence-corrected chi connectivity index (χ1v) is 9.97. The third-order valence-electron chi connectivity index (χ3n) is 4.04. The summed E-state index contributed by atoms with van der Waals surface area (Å²) in [6.45, 7) is 4.87. The van der Waals surface area contributed by atoms with Crippen LogP contribution >= 0.6 is 23.4 Å². The Morgan fingerprint density at radius 1 is 1.22 bits per heavy atom. The van der Waals surface area contributed by atoms with Crippen molar-refractivity contribution < 1.29 is 0 Å². The van der Waals surface area contributed by atoms with Crippen molar-refractivity contribution in [3.63, 3.8) is 0 Å². The molecule has 0 atom stereocenters. The van der Waals surface area contributed by atoms with E-state index in [0.717, 1.165) is 49.4 Å². The SMILES string of the molecule is CN=C(NCCCCSC)N1CCN(c2ccccc2Cl)CC1. The first-order chi connectivity index (χ1) is 11.3. The molecule has 23 heavy (non-hydrogen) atoms. The fourth-order valence-corrected chi connectivity index (χ4v) is 3.52. The highest BCUT2D eigenvalue weighted by Crippen LogP contribution is 2.25. The van der Waals surface area contributed by atoms with Crippen LogP contribution in [-0.2, 0) is 0 Å². The van der Waals surface area contributed by atoms with Gasteiger partial charge in [-0.15, -0.1) is 0 Å². The second-order valence-electron chi connectivity index (χ2n) is 5.60. The maximum absolute atomic E-state index is 6.30. The van der Waals surface area contributed by atoms with Gasteiger partial charge in [0.15, 0.2) is 5.96 Å². The van der Waals surface area contributed by atoms with Gasteiger partial charge in [-0.05, 0) is 37.0 Å². The minimum Gasteiger partial charge on any atom is -0.367 e. The summed E-state index contributed by atoms with van der Waals surface area (Å²) in [6.07, 6.45) is 4.61. The Bertz CT molecular complexity index is 501. The summed E-state index contributed by atoms with van der Waals surface area (Å²) in [5, 5.41) is 4.32. The maximum atomic E-state index is 6.30. The minimum atomic E-state index is 0.831. The summed E-state index contributed by atoms with van der Waals surface area (Å²) in [4.78, 5) is 9.11. The van der Waals surface area contributed by atoms with Crippen LogP contribution in [0.5, 0.6) is 0 Å². The molecule has 0 amide bonds. The number of halogens is 1. The third-order valence-corrected chi connectivity index (χ3v) is 5.06. The van der Waals surface area contributed by atoms with Gasteiger partial charge in [0.2, 0.25) is 0 Å². The lowest BCUT2D eigenvalue weighted by atomic mass is 10.2. The van der Waals surface area contributed by atoms with Crippen molar-refractivity contribution >= 4 is 35.0 Å². The number of hydrogen-bond donors (Lipinski definition) is 1. The third kappa shape index (κ3) is 5.50. The summed E-state index contributed by atoms with van der Waals surface area (Å²) >= 11 is 8.21. The second-order valence-corrected chi connectivity index (χ2v) is 6.99. The maximum Gasteiger partial charge on any atom is 0.193 e. The van der Waals surface area contributed by atoms with Gasteiger partial charge in [0, 0.05) is 39.8 Å². The number of piperazine rings is 1. The van der Waals surface area contributed by atoms with Gasteiger partial charge in [-0.3, -0.25) is 4.99 Å². The predicted molar refractivity (Wildman–Crippen MR) is 104 cm³/mol. The number of thioether (sulfide) groups is 1. The van der Waals surface area contributed by atoms with E-state index in [1.807, 2.05) is 37.0 Å². The Kier molecular flexibility index (Phi) is 7.89. The van der Waals surface area contributed by atoms with E-state index in [-0.39, 0.29) is 0 Å². The van der Waals surface area contributed by atoms with Crippen molar-refractivity contribution in [3.05, 3.63) is 29.3 Å². The Morgan fingerprint density at radius 2 is 1.96 bits per heavy atom. The standard InChI is InChI=1S/C17H27ClN4S/c1-19-17(20-9-5-6-14-23-2)22-12-10-21(11-13-22)16-8-4-3-7-15(16)18/h3-4,7-8H,5-6,9-14H2,1-2H3,(H,19,20). The first-order valence-electron chi connectivity index (χ1n) is 8.20. The highest BCUT2D eigenvalue weighted by Gasteiger charge is 2.20. The normalized spacial score (nSPS) is 15.9. The van der Waals surface area contributed by atoms with Crippen LogP contribution in [0.15, 0.2) is 29.3 Å². The number of guanidine groups is 1. The molecule has 1 aliphatic heterocycles. The van der Waals surface area contributed by atoms with Crippen molar-refractivity contribution in [2.45, 2.75) is 12.8 Å². The van der Waals surface area contributed by atoms with E-state index in [1.165, 1.54) is 18.6 Å². The molecule has 128 valence electrons. The molecular formula is C17H27ClN4S. The molecule has 1 fully saturated rings. The molecule has 0 radical (unpaired) electrons. The molecule has 1 heterocycles. The van der Waals surface area contributed by atoms with Crippen LogP contribution < -0.4 is 10.2 Å². The molecule has 4 nitrogen and oxygen atoms in total. The second kappa shape index (κ2) is 9.93. The molecule has 2 rings (SSSR count). The average Bonchev–Trinajstić information content (AvgIpc) is 2.59.